The monoisotopic (exact) mass is 381 g/mol. The molecule has 0 aliphatic rings. The number of nitrogens with zero attached hydrogens (tertiary/aromatic N) is 3. The zero-order valence-corrected chi connectivity index (χ0v) is 14.7. The fourth-order valence-corrected chi connectivity index (χ4v) is 2.76. The fourth-order valence-electron chi connectivity index (χ4n) is 2.76. The first-order valence-corrected chi connectivity index (χ1v) is 8.12. The van der Waals surface area contributed by atoms with Crippen LogP contribution in [0.3, 0.4) is 0 Å². The van der Waals surface area contributed by atoms with Gasteiger partial charge in [-0.3, -0.25) is 0 Å². The molecule has 1 atom stereocenters. The van der Waals surface area contributed by atoms with Crippen molar-refractivity contribution in [2.24, 2.45) is 0 Å². The Morgan fingerprint density at radius 1 is 1.19 bits per heavy atom. The zero-order valence-electron chi connectivity index (χ0n) is 14.7. The first kappa shape index (κ1) is 19.1. The number of rotatable bonds is 6. The SMILES string of the molecule is COCCN(C)c1cc(-c2cccc(C(O)C(F)(F)F)c2)cc2nonc12. The van der Waals surface area contributed by atoms with Gasteiger partial charge in [0.25, 0.3) is 0 Å². The van der Waals surface area contributed by atoms with Crippen LogP contribution in [-0.4, -0.2) is 48.9 Å². The average Bonchev–Trinajstić information content (AvgIpc) is 3.12. The predicted molar refractivity (Wildman–Crippen MR) is 93.4 cm³/mol. The molecule has 0 saturated heterocycles. The van der Waals surface area contributed by atoms with Gasteiger partial charge in [0.1, 0.15) is 5.52 Å². The lowest BCUT2D eigenvalue weighted by atomic mass is 9.99. The van der Waals surface area contributed by atoms with Gasteiger partial charge in [-0.25, -0.2) is 4.63 Å². The van der Waals surface area contributed by atoms with Crippen molar-refractivity contribution >= 4 is 16.7 Å². The minimum atomic E-state index is -4.73. The van der Waals surface area contributed by atoms with Crippen LogP contribution in [0.5, 0.6) is 0 Å². The Morgan fingerprint density at radius 3 is 2.67 bits per heavy atom. The molecule has 0 saturated carbocycles. The van der Waals surface area contributed by atoms with E-state index in [2.05, 4.69) is 10.3 Å². The molecule has 9 heteroatoms. The standard InChI is InChI=1S/C18H18F3N3O3/c1-24(6-7-26-2)15-10-13(9-14-16(15)23-27-22-14)11-4-3-5-12(8-11)17(25)18(19,20)21/h3-5,8-10,17,25H,6-7H2,1-2H3. The first-order chi connectivity index (χ1) is 12.8. The summed E-state index contributed by atoms with van der Waals surface area (Å²) in [5.41, 5.74) is 2.66. The molecule has 1 N–H and O–H groups in total. The average molecular weight is 381 g/mol. The number of hydrogen-bond acceptors (Lipinski definition) is 6. The lowest BCUT2D eigenvalue weighted by Crippen LogP contribution is -2.22. The van der Waals surface area contributed by atoms with E-state index in [1.54, 1.807) is 25.3 Å². The molecule has 3 rings (SSSR count). The highest BCUT2D eigenvalue weighted by Gasteiger charge is 2.39. The molecule has 0 spiro atoms. The number of alkyl halides is 3. The van der Waals surface area contributed by atoms with Gasteiger partial charge in [0.15, 0.2) is 11.6 Å². The van der Waals surface area contributed by atoms with Crippen LogP contribution in [0.15, 0.2) is 41.0 Å². The quantitative estimate of drug-likeness (QED) is 0.704. The summed E-state index contributed by atoms with van der Waals surface area (Å²) in [6.45, 7) is 1.06. The van der Waals surface area contributed by atoms with Gasteiger partial charge in [-0.05, 0) is 45.2 Å². The molecule has 0 radical (unpaired) electrons. The number of benzene rings is 2. The Balaban J connectivity index is 2.05. The molecule has 2 aromatic carbocycles. The van der Waals surface area contributed by atoms with Crippen molar-refractivity contribution in [3.8, 4) is 11.1 Å². The smallest absolute Gasteiger partial charge is 0.383 e. The number of fused-ring (bicyclic) bond motifs is 1. The second-order valence-electron chi connectivity index (χ2n) is 6.11. The number of methoxy groups -OCH3 is 1. The summed E-state index contributed by atoms with van der Waals surface area (Å²) in [6.07, 6.45) is -7.27. The van der Waals surface area contributed by atoms with Gasteiger partial charge >= 0.3 is 6.18 Å². The van der Waals surface area contributed by atoms with Crippen LogP contribution >= 0.6 is 0 Å². The molecular weight excluding hydrogens is 363 g/mol. The van der Waals surface area contributed by atoms with Crippen molar-refractivity contribution in [1.82, 2.24) is 10.3 Å². The summed E-state index contributed by atoms with van der Waals surface area (Å²) in [5.74, 6) is 0. The second kappa shape index (κ2) is 7.53. The third-order valence-electron chi connectivity index (χ3n) is 4.23. The number of aliphatic hydroxyl groups is 1. The van der Waals surface area contributed by atoms with Gasteiger partial charge in [0.2, 0.25) is 0 Å². The summed E-state index contributed by atoms with van der Waals surface area (Å²) in [7, 11) is 3.44. The molecule has 0 amide bonds. The second-order valence-corrected chi connectivity index (χ2v) is 6.11. The molecule has 0 aliphatic carbocycles. The molecule has 6 nitrogen and oxygen atoms in total. The minimum Gasteiger partial charge on any atom is -0.383 e. The Morgan fingerprint density at radius 2 is 1.96 bits per heavy atom. The normalized spacial score (nSPS) is 13.1. The number of likely N-dealkylation sites (N-methyl/N-ethyl adjacent to an activating group) is 1. The summed E-state index contributed by atoms with van der Waals surface area (Å²) in [6, 6.07) is 9.16. The minimum absolute atomic E-state index is 0.229. The molecule has 0 bridgehead atoms. The lowest BCUT2D eigenvalue weighted by molar-refractivity contribution is -0.206. The Labute approximate surface area is 153 Å². The molecule has 3 aromatic rings. The topological polar surface area (TPSA) is 71.6 Å². The van der Waals surface area contributed by atoms with Gasteiger partial charge < -0.3 is 14.7 Å². The third-order valence-corrected chi connectivity index (χ3v) is 4.23. The highest BCUT2D eigenvalue weighted by Crippen LogP contribution is 2.36. The summed E-state index contributed by atoms with van der Waals surface area (Å²) < 4.78 is 48.4. The van der Waals surface area contributed by atoms with Crippen molar-refractivity contribution in [1.29, 1.82) is 0 Å². The van der Waals surface area contributed by atoms with Gasteiger partial charge in [-0.2, -0.15) is 13.2 Å². The number of anilines is 1. The van der Waals surface area contributed by atoms with Crippen LogP contribution in [0.25, 0.3) is 22.2 Å². The highest BCUT2D eigenvalue weighted by atomic mass is 19.4. The highest BCUT2D eigenvalue weighted by molar-refractivity contribution is 5.92. The van der Waals surface area contributed by atoms with Crippen LogP contribution in [0.1, 0.15) is 11.7 Å². The fraction of sp³-hybridized carbons (Fsp3) is 0.333. The summed E-state index contributed by atoms with van der Waals surface area (Å²) in [4.78, 5) is 1.90. The Bertz CT molecular complexity index is 927. The van der Waals surface area contributed by atoms with Gasteiger partial charge in [0, 0.05) is 20.7 Å². The van der Waals surface area contributed by atoms with Crippen molar-refractivity contribution < 1.29 is 27.6 Å². The Kier molecular flexibility index (Phi) is 5.33. The molecular formula is C18H18F3N3O3. The maximum absolute atomic E-state index is 12.8. The first-order valence-electron chi connectivity index (χ1n) is 8.12. The van der Waals surface area contributed by atoms with Gasteiger partial charge in [0.05, 0.1) is 12.3 Å². The predicted octanol–water partition coefficient (Wildman–Crippen LogP) is 3.57. The largest absolute Gasteiger partial charge is 0.418 e. The van der Waals surface area contributed by atoms with Crippen LogP contribution in [0.2, 0.25) is 0 Å². The van der Waals surface area contributed by atoms with E-state index in [9.17, 15) is 18.3 Å². The van der Waals surface area contributed by atoms with E-state index in [-0.39, 0.29) is 5.56 Å². The molecule has 0 aliphatic heterocycles. The molecule has 1 aromatic heterocycles. The van der Waals surface area contributed by atoms with Crippen molar-refractivity contribution in [2.75, 3.05) is 32.2 Å². The van der Waals surface area contributed by atoms with Crippen molar-refractivity contribution in [3.63, 3.8) is 0 Å². The molecule has 1 unspecified atom stereocenters. The van der Waals surface area contributed by atoms with Crippen LogP contribution < -0.4 is 4.90 Å². The van der Waals surface area contributed by atoms with Crippen LogP contribution in [-0.2, 0) is 4.74 Å². The van der Waals surface area contributed by atoms with E-state index in [1.807, 2.05) is 11.9 Å². The number of aromatic nitrogens is 2. The van der Waals surface area contributed by atoms with E-state index in [0.717, 1.165) is 0 Å². The van der Waals surface area contributed by atoms with Crippen molar-refractivity contribution in [2.45, 2.75) is 12.3 Å². The number of halogens is 3. The molecule has 0 fully saturated rings. The maximum atomic E-state index is 12.8. The molecule has 144 valence electrons. The van der Waals surface area contributed by atoms with E-state index < -0.39 is 12.3 Å². The third kappa shape index (κ3) is 4.04. The number of aliphatic hydroxyl groups excluding tert-OH is 1. The lowest BCUT2D eigenvalue weighted by Gasteiger charge is -2.20. The molecule has 27 heavy (non-hydrogen) atoms. The Hall–Kier alpha value is -2.65. The van der Waals surface area contributed by atoms with E-state index >= 15 is 0 Å². The maximum Gasteiger partial charge on any atom is 0.418 e. The summed E-state index contributed by atoms with van der Waals surface area (Å²) in [5, 5.41) is 17.3. The van der Waals surface area contributed by atoms with Crippen LogP contribution in [0.4, 0.5) is 18.9 Å². The van der Waals surface area contributed by atoms with E-state index in [0.29, 0.717) is 41.0 Å². The van der Waals surface area contributed by atoms with E-state index in [4.69, 9.17) is 9.37 Å². The van der Waals surface area contributed by atoms with Crippen molar-refractivity contribution in [3.05, 3.63) is 42.0 Å². The number of ether oxygens (including phenoxy) is 1. The van der Waals surface area contributed by atoms with E-state index in [1.165, 1.54) is 18.2 Å². The summed E-state index contributed by atoms with van der Waals surface area (Å²) >= 11 is 0. The number of hydrogen-bond donors (Lipinski definition) is 1. The zero-order chi connectivity index (χ0) is 19.6. The van der Waals surface area contributed by atoms with Gasteiger partial charge in [-0.1, -0.05) is 18.2 Å². The van der Waals surface area contributed by atoms with Crippen LogP contribution in [0, 0.1) is 0 Å². The van der Waals surface area contributed by atoms with Gasteiger partial charge in [-0.15, -0.1) is 0 Å². The molecule has 1 heterocycles.